The van der Waals surface area contributed by atoms with E-state index in [1.807, 2.05) is 94.6 Å². The Labute approximate surface area is 467 Å². The van der Waals surface area contributed by atoms with Crippen molar-refractivity contribution in [3.05, 3.63) is 264 Å². The molecular formula is C66H83Cl3N4O2. The van der Waals surface area contributed by atoms with E-state index in [1.165, 1.54) is 64.6 Å². The van der Waals surface area contributed by atoms with Crippen LogP contribution in [0, 0.1) is 0 Å². The largest absolute Gasteiger partial charge is 1.00 e. The van der Waals surface area contributed by atoms with E-state index in [4.69, 9.17) is 33.4 Å². The molecule has 9 heteroatoms. The monoisotopic (exact) mass is 1070 g/mol. The molecule has 0 radical (unpaired) electrons. The molecular weight excluding hydrogens is 987 g/mol. The molecule has 2 aromatic heterocycles. The highest BCUT2D eigenvalue weighted by molar-refractivity contribution is 6.17. The molecule has 0 fully saturated rings. The topological polar surface area (TPSA) is 67.1 Å². The zero-order chi connectivity index (χ0) is 52.5. The summed E-state index contributed by atoms with van der Waals surface area (Å²) in [5, 5.41) is 17.4. The molecule has 6 aromatic carbocycles. The summed E-state index contributed by atoms with van der Waals surface area (Å²) >= 11 is 11.4. The first kappa shape index (κ1) is 65.1. The first-order valence-electron chi connectivity index (χ1n) is 25.7. The summed E-state index contributed by atoms with van der Waals surface area (Å²) in [6.45, 7) is 19.0. The Kier molecular flexibility index (Phi) is 33.5. The zero-order valence-electron chi connectivity index (χ0n) is 44.0. The summed E-state index contributed by atoms with van der Waals surface area (Å²) in [5.74, 6) is 3.54. The lowest BCUT2D eigenvalue weighted by atomic mass is 9.84. The second-order valence-corrected chi connectivity index (χ2v) is 18.7. The van der Waals surface area contributed by atoms with Crippen molar-refractivity contribution < 1.29 is 27.2 Å². The van der Waals surface area contributed by atoms with Crippen LogP contribution >= 0.6 is 23.2 Å². The number of aromatic nitrogens is 4. The van der Waals surface area contributed by atoms with Crippen LogP contribution in [-0.4, -0.2) is 37.5 Å². The van der Waals surface area contributed by atoms with Gasteiger partial charge in [0.1, 0.15) is 25.5 Å². The highest BCUT2D eigenvalue weighted by atomic mass is 35.5. The normalized spacial score (nSPS) is 11.7. The maximum absolute atomic E-state index is 9.02. The van der Waals surface area contributed by atoms with Crippen LogP contribution in [0.4, 0.5) is 0 Å². The molecule has 0 saturated carbocycles. The van der Waals surface area contributed by atoms with E-state index in [0.29, 0.717) is 48.5 Å². The third-order valence-electron chi connectivity index (χ3n) is 12.8. The second kappa shape index (κ2) is 38.5. The van der Waals surface area contributed by atoms with Gasteiger partial charge >= 0.3 is 0 Å². The van der Waals surface area contributed by atoms with Gasteiger partial charge in [0, 0.05) is 30.7 Å². The average Bonchev–Trinajstić information content (AvgIpc) is 4.15. The van der Waals surface area contributed by atoms with Gasteiger partial charge in [0.2, 0.25) is 6.33 Å². The number of hydrogen-bond donors (Lipinski definition) is 2. The molecule has 0 aliphatic rings. The lowest BCUT2D eigenvalue weighted by molar-refractivity contribution is -0.687. The molecule has 0 aliphatic carbocycles. The molecule has 0 bridgehead atoms. The first-order chi connectivity index (χ1) is 35.7. The summed E-state index contributed by atoms with van der Waals surface area (Å²) in [6.07, 6.45) is 19.7. The van der Waals surface area contributed by atoms with E-state index in [2.05, 4.69) is 166 Å². The van der Waals surface area contributed by atoms with Crippen molar-refractivity contribution in [1.82, 2.24) is 14.1 Å². The maximum atomic E-state index is 9.02. The van der Waals surface area contributed by atoms with Crippen molar-refractivity contribution in [2.45, 2.75) is 116 Å². The molecule has 0 amide bonds. The number of alkyl halides is 2. The van der Waals surface area contributed by atoms with Gasteiger partial charge in [-0.1, -0.05) is 224 Å². The number of aliphatic hydroxyl groups excluding tert-OH is 2. The molecule has 2 N–H and O–H groups in total. The van der Waals surface area contributed by atoms with Crippen molar-refractivity contribution in [2.75, 3.05) is 13.2 Å². The number of imidazole rings is 2. The van der Waals surface area contributed by atoms with Crippen LogP contribution in [0.25, 0.3) is 12.2 Å². The lowest BCUT2D eigenvalue weighted by Gasteiger charge is -2.20. The summed E-state index contributed by atoms with van der Waals surface area (Å²) in [4.78, 5) is 3.79. The Balaban J connectivity index is 0.000000349. The van der Waals surface area contributed by atoms with E-state index < -0.39 is 0 Å². The summed E-state index contributed by atoms with van der Waals surface area (Å²) < 4.78 is 5.97. The first-order valence-corrected chi connectivity index (χ1v) is 26.7. The van der Waals surface area contributed by atoms with Crippen LogP contribution in [0.1, 0.15) is 135 Å². The number of aliphatic hydroxyl groups is 2. The van der Waals surface area contributed by atoms with Crippen LogP contribution < -0.4 is 17.0 Å². The van der Waals surface area contributed by atoms with Gasteiger partial charge in [-0.2, -0.15) is 0 Å². The van der Waals surface area contributed by atoms with Gasteiger partial charge in [-0.15, -0.1) is 23.2 Å². The lowest BCUT2D eigenvalue weighted by Crippen LogP contribution is -3.00. The number of halogens is 3. The molecule has 4 atom stereocenters. The van der Waals surface area contributed by atoms with Gasteiger partial charge in [-0.05, 0) is 99.4 Å². The highest BCUT2D eigenvalue weighted by Gasteiger charge is 2.16. The highest BCUT2D eigenvalue weighted by Crippen LogP contribution is 2.33. The average molecular weight is 1070 g/mol. The van der Waals surface area contributed by atoms with E-state index in [1.54, 1.807) is 12.5 Å². The Bertz CT molecular complexity index is 2620. The molecule has 0 saturated heterocycles. The molecule has 0 spiro atoms. The van der Waals surface area contributed by atoms with E-state index in [0.717, 1.165) is 17.7 Å². The van der Waals surface area contributed by atoms with Gasteiger partial charge in [0.15, 0.2) is 0 Å². The second-order valence-electron chi connectivity index (χ2n) is 18.2. The number of hydrogen-bond acceptors (Lipinski definition) is 3. The van der Waals surface area contributed by atoms with Gasteiger partial charge in [-0.25, -0.2) is 14.1 Å². The minimum Gasteiger partial charge on any atom is -1.00 e. The Morgan fingerprint density at radius 1 is 0.547 bits per heavy atom. The van der Waals surface area contributed by atoms with Crippen LogP contribution in [0.5, 0.6) is 0 Å². The Hall–Kier alpha value is -5.99. The van der Waals surface area contributed by atoms with Crippen molar-refractivity contribution in [2.24, 2.45) is 0 Å². The van der Waals surface area contributed by atoms with Gasteiger partial charge < -0.3 is 27.2 Å². The Morgan fingerprint density at radius 2 is 0.960 bits per heavy atom. The number of benzene rings is 6. The van der Waals surface area contributed by atoms with Gasteiger partial charge in [0.25, 0.3) is 0 Å². The van der Waals surface area contributed by atoms with E-state index in [-0.39, 0.29) is 33.0 Å². The number of nitrogens with zero attached hydrogens (tertiary/aromatic N) is 4. The zero-order valence-corrected chi connectivity index (χ0v) is 46.3. The maximum Gasteiger partial charge on any atom is 0.244 e. The third-order valence-corrected chi connectivity index (χ3v) is 13.5. The molecule has 2 heterocycles. The molecule has 8 rings (SSSR count). The van der Waals surface area contributed by atoms with Gasteiger partial charge in [-0.3, -0.25) is 0 Å². The predicted octanol–water partition coefficient (Wildman–Crippen LogP) is 13.5. The summed E-state index contributed by atoms with van der Waals surface area (Å²) in [6, 6.07) is 57.6. The smallest absolute Gasteiger partial charge is 0.244 e. The minimum absolute atomic E-state index is 0. The van der Waals surface area contributed by atoms with Crippen molar-refractivity contribution in [1.29, 1.82) is 0 Å². The molecule has 0 aliphatic heterocycles. The number of rotatable bonds is 20. The molecule has 4 unspecified atom stereocenters. The molecule has 75 heavy (non-hydrogen) atoms. The predicted molar refractivity (Wildman–Crippen MR) is 317 cm³/mol. The quantitative estimate of drug-likeness (QED) is 0.0590. The summed E-state index contributed by atoms with van der Waals surface area (Å²) in [7, 11) is 0. The third kappa shape index (κ3) is 24.5. The van der Waals surface area contributed by atoms with E-state index in [9.17, 15) is 0 Å². The molecule has 400 valence electrons. The van der Waals surface area contributed by atoms with Crippen LogP contribution in [0.15, 0.2) is 214 Å². The van der Waals surface area contributed by atoms with E-state index >= 15 is 0 Å². The van der Waals surface area contributed by atoms with Gasteiger partial charge in [0.05, 0.1) is 19.5 Å². The van der Waals surface area contributed by atoms with Crippen LogP contribution in [0.3, 0.4) is 0 Å². The minimum atomic E-state index is 0. The fraction of sp³-hybridized carbons (Fsp3) is 0.303. The summed E-state index contributed by atoms with van der Waals surface area (Å²) in [5.41, 5.74) is 11.7. The molecule has 6 nitrogen and oxygen atoms in total. The SMILES string of the molecule is C.C=Cc1ccc(CCl)cc1.C=Cc1ccccc1.CCC(CC(C)c1ccc(CCl)cc1)c1ccccc1.CCC(CC(C)c1ccc(C[n+]2ccn(CCO)c2)cc1)c1ccccc1.OCCn1ccnc1.[Cl-]. The fourth-order valence-electron chi connectivity index (χ4n) is 8.40. The fourth-order valence-corrected chi connectivity index (χ4v) is 8.75. The Morgan fingerprint density at radius 3 is 1.35 bits per heavy atom. The molecule has 8 aromatic rings. The van der Waals surface area contributed by atoms with Crippen molar-refractivity contribution in [3.8, 4) is 0 Å². The van der Waals surface area contributed by atoms with Crippen LogP contribution in [0.2, 0.25) is 0 Å². The standard InChI is InChI=1S/C24H31N2O.C19H23Cl.C9H9Cl.C8H8.C5H8N2O.CH4.ClH/c1-3-22(24-7-5-4-6-8-24)17-20(2)23-11-9-21(10-12-23)18-26-14-13-25(19-26)15-16-27;1-3-17(19-7-5-4-6-8-19)13-15(2)18-11-9-16(14-20)10-12-18;1-2-8-3-5-9(7-10)6-4-8;1-2-8-6-4-3-5-7-8;8-4-3-7-2-1-6-5-7;;/h4-14,19-20,22,27H,3,15-18H2,1-2H3;4-12,15,17H,3,13-14H2,1-2H3;2-6H,1,7H2;2-7H,1H2;1-2,5,8H,3-4H2;1H4;1H/q+1;;;;;;/p-1. The van der Waals surface area contributed by atoms with Crippen molar-refractivity contribution in [3.63, 3.8) is 0 Å². The van der Waals surface area contributed by atoms with Crippen LogP contribution in [-0.2, 0) is 31.4 Å². The van der Waals surface area contributed by atoms with Crippen molar-refractivity contribution >= 4 is 35.4 Å².